The van der Waals surface area contributed by atoms with Crippen molar-refractivity contribution in [2.45, 2.75) is 40.5 Å². The number of Topliss-reactive ketones (excluding diaryl/α,β-unsaturated/α-hetero) is 1. The first-order valence-electron chi connectivity index (χ1n) is 7.20. The molecule has 2 unspecified atom stereocenters. The molecule has 0 N–H and O–H groups in total. The Morgan fingerprint density at radius 1 is 1.21 bits per heavy atom. The van der Waals surface area contributed by atoms with Crippen LogP contribution in [0.1, 0.15) is 44.7 Å². The minimum Gasteiger partial charge on any atom is -0.294 e. The monoisotopic (exact) mass is 254 g/mol. The topological polar surface area (TPSA) is 17.1 Å². The summed E-state index contributed by atoms with van der Waals surface area (Å²) in [5, 5.41) is 0. The zero-order chi connectivity index (χ0) is 13.8. The SMILES string of the molecule is Cc1ccccc1/C=C1/C(=O)C2(C)CCC1C2(C)C. The fourth-order valence-electron chi connectivity index (χ4n) is 4.01. The Balaban J connectivity index is 2.10. The Morgan fingerprint density at radius 2 is 1.89 bits per heavy atom. The Kier molecular flexibility index (Phi) is 2.54. The maximum Gasteiger partial charge on any atom is 0.165 e. The molecule has 0 spiro atoms. The number of hydrogen-bond donors (Lipinski definition) is 0. The van der Waals surface area contributed by atoms with Gasteiger partial charge in [-0.05, 0) is 53.9 Å². The van der Waals surface area contributed by atoms with Gasteiger partial charge in [0, 0.05) is 5.41 Å². The fraction of sp³-hybridized carbons (Fsp3) is 0.500. The van der Waals surface area contributed by atoms with E-state index in [1.165, 1.54) is 11.1 Å². The van der Waals surface area contributed by atoms with Gasteiger partial charge >= 0.3 is 0 Å². The lowest BCUT2D eigenvalue weighted by Crippen LogP contribution is -2.32. The van der Waals surface area contributed by atoms with Gasteiger partial charge in [-0.3, -0.25) is 4.79 Å². The molecule has 0 saturated heterocycles. The van der Waals surface area contributed by atoms with Crippen LogP contribution in [0.2, 0.25) is 0 Å². The molecule has 2 atom stereocenters. The maximum atomic E-state index is 12.8. The van der Waals surface area contributed by atoms with E-state index >= 15 is 0 Å². The van der Waals surface area contributed by atoms with Crippen LogP contribution in [-0.4, -0.2) is 5.78 Å². The van der Waals surface area contributed by atoms with Crippen molar-refractivity contribution in [2.75, 3.05) is 0 Å². The average molecular weight is 254 g/mol. The van der Waals surface area contributed by atoms with Gasteiger partial charge in [0.15, 0.2) is 5.78 Å². The van der Waals surface area contributed by atoms with Crippen molar-refractivity contribution in [1.82, 2.24) is 0 Å². The van der Waals surface area contributed by atoms with Crippen molar-refractivity contribution < 1.29 is 4.79 Å². The van der Waals surface area contributed by atoms with Gasteiger partial charge in [-0.15, -0.1) is 0 Å². The second kappa shape index (κ2) is 3.82. The van der Waals surface area contributed by atoms with Gasteiger partial charge in [-0.25, -0.2) is 0 Å². The second-order valence-corrected chi connectivity index (χ2v) is 6.93. The third-order valence-electron chi connectivity index (χ3n) is 5.86. The molecule has 1 aromatic carbocycles. The van der Waals surface area contributed by atoms with E-state index in [1.54, 1.807) is 0 Å². The Morgan fingerprint density at radius 3 is 2.47 bits per heavy atom. The van der Waals surface area contributed by atoms with Crippen LogP contribution < -0.4 is 0 Å². The van der Waals surface area contributed by atoms with Gasteiger partial charge in [-0.1, -0.05) is 45.0 Å². The number of allylic oxidation sites excluding steroid dienone is 1. The van der Waals surface area contributed by atoms with E-state index in [4.69, 9.17) is 0 Å². The summed E-state index contributed by atoms with van der Waals surface area (Å²) >= 11 is 0. The molecule has 3 rings (SSSR count). The lowest BCUT2D eigenvalue weighted by Gasteiger charge is -2.31. The van der Waals surface area contributed by atoms with Crippen molar-refractivity contribution in [3.8, 4) is 0 Å². The van der Waals surface area contributed by atoms with Crippen LogP contribution in [0.4, 0.5) is 0 Å². The lowest BCUT2D eigenvalue weighted by atomic mass is 9.70. The molecule has 2 fully saturated rings. The van der Waals surface area contributed by atoms with Crippen molar-refractivity contribution in [2.24, 2.45) is 16.7 Å². The summed E-state index contributed by atoms with van der Waals surface area (Å²) in [5.41, 5.74) is 3.46. The number of benzene rings is 1. The van der Waals surface area contributed by atoms with Gasteiger partial charge < -0.3 is 0 Å². The van der Waals surface area contributed by atoms with E-state index in [-0.39, 0.29) is 10.8 Å². The molecule has 1 aromatic rings. The quantitative estimate of drug-likeness (QED) is 0.679. The third-order valence-corrected chi connectivity index (χ3v) is 5.86. The number of aryl methyl sites for hydroxylation is 1. The molecule has 0 aromatic heterocycles. The predicted octanol–water partition coefficient (Wildman–Crippen LogP) is 4.40. The van der Waals surface area contributed by atoms with Crippen molar-refractivity contribution >= 4 is 11.9 Å². The van der Waals surface area contributed by atoms with Crippen LogP contribution in [-0.2, 0) is 4.79 Å². The molecule has 2 aliphatic rings. The normalized spacial score (nSPS) is 34.2. The van der Waals surface area contributed by atoms with E-state index in [0.717, 1.165) is 18.4 Å². The molecule has 19 heavy (non-hydrogen) atoms. The van der Waals surface area contributed by atoms with E-state index < -0.39 is 0 Å². The Labute approximate surface area is 115 Å². The largest absolute Gasteiger partial charge is 0.294 e. The number of fused-ring (bicyclic) bond motifs is 2. The van der Waals surface area contributed by atoms with Crippen LogP contribution in [0.25, 0.3) is 6.08 Å². The molecule has 0 radical (unpaired) electrons. The van der Waals surface area contributed by atoms with Crippen LogP contribution in [0.5, 0.6) is 0 Å². The van der Waals surface area contributed by atoms with Crippen LogP contribution in [0.3, 0.4) is 0 Å². The first-order valence-corrected chi connectivity index (χ1v) is 7.20. The van der Waals surface area contributed by atoms with Gasteiger partial charge in [-0.2, -0.15) is 0 Å². The van der Waals surface area contributed by atoms with E-state index in [1.807, 2.05) is 12.1 Å². The predicted molar refractivity (Wildman–Crippen MR) is 78.8 cm³/mol. The van der Waals surface area contributed by atoms with E-state index in [2.05, 4.69) is 45.9 Å². The molecular formula is C18H22O. The number of hydrogen-bond acceptors (Lipinski definition) is 1. The van der Waals surface area contributed by atoms with Gasteiger partial charge in [0.25, 0.3) is 0 Å². The zero-order valence-electron chi connectivity index (χ0n) is 12.3. The lowest BCUT2D eigenvalue weighted by molar-refractivity contribution is -0.125. The van der Waals surface area contributed by atoms with Gasteiger partial charge in [0.1, 0.15) is 0 Å². The summed E-state index contributed by atoms with van der Waals surface area (Å²) in [5.74, 6) is 0.821. The standard InChI is InChI=1S/C18H22O/c1-12-7-5-6-8-13(12)11-14-15-9-10-18(4,16(14)19)17(15,2)3/h5-8,11,15H,9-10H2,1-4H3/b14-11+. The summed E-state index contributed by atoms with van der Waals surface area (Å²) in [6.07, 6.45) is 4.36. The average Bonchev–Trinajstić information content (AvgIpc) is 2.66. The van der Waals surface area contributed by atoms with E-state index in [9.17, 15) is 4.79 Å². The van der Waals surface area contributed by atoms with Crippen LogP contribution in [0.15, 0.2) is 29.8 Å². The second-order valence-electron chi connectivity index (χ2n) is 6.93. The fourth-order valence-corrected chi connectivity index (χ4v) is 4.01. The summed E-state index contributed by atoms with van der Waals surface area (Å²) in [7, 11) is 0. The molecule has 0 aliphatic heterocycles. The highest BCUT2D eigenvalue weighted by molar-refractivity contribution is 6.08. The smallest absolute Gasteiger partial charge is 0.165 e. The number of carbonyl (C=O) groups is 1. The minimum atomic E-state index is -0.147. The number of carbonyl (C=O) groups excluding carboxylic acids is 1. The Bertz CT molecular complexity index is 579. The minimum absolute atomic E-state index is 0.110. The maximum absolute atomic E-state index is 12.8. The van der Waals surface area contributed by atoms with E-state index in [0.29, 0.717) is 11.7 Å². The molecule has 1 heteroatoms. The molecule has 0 heterocycles. The molecule has 100 valence electrons. The number of rotatable bonds is 1. The number of ketones is 1. The highest BCUT2D eigenvalue weighted by atomic mass is 16.1. The Hall–Kier alpha value is -1.37. The summed E-state index contributed by atoms with van der Waals surface area (Å²) in [4.78, 5) is 12.8. The summed E-state index contributed by atoms with van der Waals surface area (Å²) < 4.78 is 0. The van der Waals surface area contributed by atoms with Crippen LogP contribution >= 0.6 is 0 Å². The van der Waals surface area contributed by atoms with Crippen molar-refractivity contribution in [3.63, 3.8) is 0 Å². The van der Waals surface area contributed by atoms with Gasteiger partial charge in [0.05, 0.1) is 0 Å². The first kappa shape index (κ1) is 12.7. The van der Waals surface area contributed by atoms with Crippen molar-refractivity contribution in [1.29, 1.82) is 0 Å². The van der Waals surface area contributed by atoms with Gasteiger partial charge in [0.2, 0.25) is 0 Å². The summed E-state index contributed by atoms with van der Waals surface area (Å²) in [6, 6.07) is 8.31. The van der Waals surface area contributed by atoms with Crippen LogP contribution in [0, 0.1) is 23.7 Å². The first-order chi connectivity index (χ1) is 8.88. The van der Waals surface area contributed by atoms with Crippen molar-refractivity contribution in [3.05, 3.63) is 41.0 Å². The highest BCUT2D eigenvalue weighted by Gasteiger charge is 2.63. The molecule has 2 aliphatic carbocycles. The highest BCUT2D eigenvalue weighted by Crippen LogP contribution is 2.65. The summed E-state index contributed by atoms with van der Waals surface area (Å²) in [6.45, 7) is 8.80. The molecular weight excluding hydrogens is 232 g/mol. The molecule has 1 nitrogen and oxygen atoms in total. The molecule has 2 saturated carbocycles. The zero-order valence-corrected chi connectivity index (χ0v) is 12.3. The third kappa shape index (κ3) is 1.51. The molecule has 0 amide bonds. The molecule has 2 bridgehead atoms.